The van der Waals surface area contributed by atoms with Crippen molar-refractivity contribution in [2.45, 2.75) is 18.6 Å². The number of fused-ring (bicyclic) bond motifs is 1. The summed E-state index contributed by atoms with van der Waals surface area (Å²) in [6.45, 7) is 6.12. The molecule has 0 unspecified atom stereocenters. The molecule has 0 spiro atoms. The molecule has 0 aromatic carbocycles. The van der Waals surface area contributed by atoms with Crippen LogP contribution in [0.4, 0.5) is 0 Å². The van der Waals surface area contributed by atoms with Gasteiger partial charge in [0.15, 0.2) is 16.3 Å². The number of aryl methyl sites for hydroxylation is 1. The zero-order valence-electron chi connectivity index (χ0n) is 11.4. The Labute approximate surface area is 119 Å². The summed E-state index contributed by atoms with van der Waals surface area (Å²) >= 11 is 1.48. The number of hydrogen-bond donors (Lipinski definition) is 1. The lowest BCUT2D eigenvalue weighted by atomic mass is 10.4. The molecule has 0 aliphatic carbocycles. The number of allylic oxidation sites excluding steroid dienone is 2. The van der Waals surface area contributed by atoms with Crippen LogP contribution in [-0.4, -0.2) is 24.9 Å². The highest BCUT2D eigenvalue weighted by molar-refractivity contribution is 7.99. The minimum atomic E-state index is -0.460. The Bertz CT molecular complexity index is 782. The largest absolute Gasteiger partial charge is 0.329 e. The van der Waals surface area contributed by atoms with E-state index >= 15 is 0 Å². The Hall–Kier alpha value is -2.02. The molecule has 2 aromatic rings. The van der Waals surface area contributed by atoms with Crippen molar-refractivity contribution in [3.63, 3.8) is 0 Å². The number of nitrogens with zero attached hydrogens (tertiary/aromatic N) is 3. The fourth-order valence-corrected chi connectivity index (χ4v) is 2.58. The molecule has 7 heteroatoms. The van der Waals surface area contributed by atoms with Gasteiger partial charge in [0.1, 0.15) is 0 Å². The first kappa shape index (κ1) is 14.4. The van der Waals surface area contributed by atoms with E-state index in [-0.39, 0.29) is 0 Å². The molecule has 2 rings (SSSR count). The number of thioether (sulfide) groups is 1. The fourth-order valence-electron chi connectivity index (χ4n) is 1.84. The standard InChI is InChI=1S/C13H16N4O2S/c1-4-6-7-17-9-10(14-13(17)20-8-5-2)16(3)12(19)15-11(9)18/h4-6H,2,7-8H2,1,3H3,(H,15,18,19)/b6-4+. The van der Waals surface area contributed by atoms with E-state index in [0.717, 1.165) is 0 Å². The molecule has 6 nitrogen and oxygen atoms in total. The molecule has 0 bridgehead atoms. The summed E-state index contributed by atoms with van der Waals surface area (Å²) in [4.78, 5) is 30.4. The molecule has 0 radical (unpaired) electrons. The number of H-pyrrole nitrogens is 1. The van der Waals surface area contributed by atoms with Gasteiger partial charge in [-0.1, -0.05) is 30.0 Å². The van der Waals surface area contributed by atoms with Crippen molar-refractivity contribution in [2.24, 2.45) is 7.05 Å². The average Bonchev–Trinajstić information content (AvgIpc) is 2.79. The lowest BCUT2D eigenvalue weighted by molar-refractivity contribution is 0.744. The first-order valence-electron chi connectivity index (χ1n) is 6.14. The van der Waals surface area contributed by atoms with Crippen molar-refractivity contribution in [3.8, 4) is 0 Å². The van der Waals surface area contributed by atoms with Crippen LogP contribution in [0.5, 0.6) is 0 Å². The van der Waals surface area contributed by atoms with Gasteiger partial charge >= 0.3 is 5.69 Å². The number of hydrogen-bond acceptors (Lipinski definition) is 4. The Kier molecular flexibility index (Phi) is 4.29. The predicted molar refractivity (Wildman–Crippen MR) is 81.3 cm³/mol. The van der Waals surface area contributed by atoms with E-state index in [2.05, 4.69) is 16.5 Å². The molecule has 0 aliphatic rings. The molecule has 20 heavy (non-hydrogen) atoms. The maximum Gasteiger partial charge on any atom is 0.329 e. The zero-order valence-corrected chi connectivity index (χ0v) is 12.2. The summed E-state index contributed by atoms with van der Waals surface area (Å²) in [6, 6.07) is 0. The third kappa shape index (κ3) is 2.49. The summed E-state index contributed by atoms with van der Waals surface area (Å²) < 4.78 is 3.16. The van der Waals surface area contributed by atoms with E-state index in [1.165, 1.54) is 16.3 Å². The molecular formula is C13H16N4O2S. The topological polar surface area (TPSA) is 72.7 Å². The summed E-state index contributed by atoms with van der Waals surface area (Å²) in [5.74, 6) is 0.686. The Morgan fingerprint density at radius 3 is 2.85 bits per heavy atom. The van der Waals surface area contributed by atoms with Gasteiger partial charge in [0, 0.05) is 19.3 Å². The monoisotopic (exact) mass is 292 g/mol. The molecule has 106 valence electrons. The smallest absolute Gasteiger partial charge is 0.309 e. The highest BCUT2D eigenvalue weighted by atomic mass is 32.2. The molecule has 2 heterocycles. The van der Waals surface area contributed by atoms with E-state index in [4.69, 9.17) is 0 Å². The van der Waals surface area contributed by atoms with Gasteiger partial charge in [-0.25, -0.2) is 9.78 Å². The zero-order chi connectivity index (χ0) is 14.7. The minimum absolute atomic E-state index is 0.398. The summed E-state index contributed by atoms with van der Waals surface area (Å²) in [5.41, 5.74) is -0.0596. The molecule has 0 amide bonds. The van der Waals surface area contributed by atoms with Gasteiger partial charge in [-0.3, -0.25) is 14.3 Å². The van der Waals surface area contributed by atoms with Crippen LogP contribution in [0.25, 0.3) is 11.2 Å². The molecule has 0 aliphatic heterocycles. The quantitative estimate of drug-likeness (QED) is 0.665. The van der Waals surface area contributed by atoms with E-state index in [1.807, 2.05) is 23.6 Å². The van der Waals surface area contributed by atoms with Crippen LogP contribution in [0.2, 0.25) is 0 Å². The highest BCUT2D eigenvalue weighted by Gasteiger charge is 2.16. The van der Waals surface area contributed by atoms with Gasteiger partial charge in [-0.15, -0.1) is 6.58 Å². The second-order valence-corrected chi connectivity index (χ2v) is 5.15. The van der Waals surface area contributed by atoms with Crippen LogP contribution in [0.1, 0.15) is 6.92 Å². The van der Waals surface area contributed by atoms with E-state index in [9.17, 15) is 9.59 Å². The summed E-state index contributed by atoms with van der Waals surface area (Å²) in [6.07, 6.45) is 5.61. The minimum Gasteiger partial charge on any atom is -0.309 e. The third-order valence-electron chi connectivity index (χ3n) is 2.83. The third-order valence-corrected chi connectivity index (χ3v) is 3.80. The number of nitrogens with one attached hydrogen (secondary N) is 1. The van der Waals surface area contributed by atoms with E-state index in [0.29, 0.717) is 28.6 Å². The average molecular weight is 292 g/mol. The van der Waals surface area contributed by atoms with Gasteiger partial charge in [0.2, 0.25) is 0 Å². The van der Waals surface area contributed by atoms with Crippen LogP contribution in [0, 0.1) is 0 Å². The van der Waals surface area contributed by atoms with Crippen LogP contribution < -0.4 is 11.2 Å². The van der Waals surface area contributed by atoms with Crippen molar-refractivity contribution >= 4 is 22.9 Å². The maximum atomic E-state index is 12.0. The van der Waals surface area contributed by atoms with Crippen molar-refractivity contribution in [1.29, 1.82) is 0 Å². The number of aromatic amines is 1. The predicted octanol–water partition coefficient (Wildman–Crippen LogP) is 1.28. The SMILES string of the molecule is C=CCSc1nc2c(c(=O)[nH]c(=O)n2C)n1C/C=C/C. The first-order chi connectivity index (χ1) is 9.60. The van der Waals surface area contributed by atoms with Crippen LogP contribution in [0.3, 0.4) is 0 Å². The van der Waals surface area contributed by atoms with Gasteiger partial charge in [-0.2, -0.15) is 0 Å². The fraction of sp³-hybridized carbons (Fsp3) is 0.308. The number of aromatic nitrogens is 4. The van der Waals surface area contributed by atoms with Crippen LogP contribution in [-0.2, 0) is 13.6 Å². The molecular weight excluding hydrogens is 276 g/mol. The van der Waals surface area contributed by atoms with Crippen molar-refractivity contribution in [3.05, 3.63) is 45.6 Å². The Balaban J connectivity index is 2.75. The molecule has 2 aromatic heterocycles. The molecule has 1 N–H and O–H groups in total. The molecule has 0 saturated heterocycles. The molecule has 0 atom stereocenters. The summed E-state index contributed by atoms with van der Waals surface area (Å²) in [5, 5.41) is 0.699. The lowest BCUT2D eigenvalue weighted by Crippen LogP contribution is -2.29. The molecule has 0 fully saturated rings. The van der Waals surface area contributed by atoms with Crippen LogP contribution in [0.15, 0.2) is 39.6 Å². The lowest BCUT2D eigenvalue weighted by Gasteiger charge is -2.04. The van der Waals surface area contributed by atoms with Crippen LogP contribution >= 0.6 is 11.8 Å². The van der Waals surface area contributed by atoms with E-state index < -0.39 is 11.2 Å². The van der Waals surface area contributed by atoms with Crippen molar-refractivity contribution < 1.29 is 0 Å². The maximum absolute atomic E-state index is 12.0. The second-order valence-electron chi connectivity index (χ2n) is 4.16. The number of rotatable bonds is 5. The highest BCUT2D eigenvalue weighted by Crippen LogP contribution is 2.21. The first-order valence-corrected chi connectivity index (χ1v) is 7.13. The summed E-state index contributed by atoms with van der Waals surface area (Å²) in [7, 11) is 1.59. The number of imidazole rings is 1. The van der Waals surface area contributed by atoms with E-state index in [1.54, 1.807) is 13.1 Å². The Morgan fingerprint density at radius 2 is 2.20 bits per heavy atom. The van der Waals surface area contributed by atoms with Crippen molar-refractivity contribution in [2.75, 3.05) is 5.75 Å². The molecule has 0 saturated carbocycles. The second kappa shape index (κ2) is 5.96. The van der Waals surface area contributed by atoms with Crippen molar-refractivity contribution in [1.82, 2.24) is 19.1 Å². The Morgan fingerprint density at radius 1 is 1.45 bits per heavy atom. The van der Waals surface area contributed by atoms with Gasteiger partial charge in [0.05, 0.1) is 0 Å². The normalized spacial score (nSPS) is 11.5. The van der Waals surface area contributed by atoms with Gasteiger partial charge in [0.25, 0.3) is 5.56 Å². The van der Waals surface area contributed by atoms with Gasteiger partial charge < -0.3 is 4.57 Å². The van der Waals surface area contributed by atoms with Gasteiger partial charge in [-0.05, 0) is 6.92 Å².